The number of aliphatic hydroxyl groups is 1. The van der Waals surface area contributed by atoms with Gasteiger partial charge in [-0.3, -0.25) is 14.6 Å². The van der Waals surface area contributed by atoms with E-state index in [2.05, 4.69) is 49.0 Å². The van der Waals surface area contributed by atoms with Crippen LogP contribution in [0.25, 0.3) is 5.57 Å². The molecule has 0 saturated carbocycles. The molecule has 6 N–H and O–H groups in total. The first kappa shape index (κ1) is 32.6. The first-order valence-electron chi connectivity index (χ1n) is 14.4. The van der Waals surface area contributed by atoms with Crippen molar-refractivity contribution in [1.82, 2.24) is 20.4 Å². The molecule has 1 aromatic rings. The highest BCUT2D eigenvalue weighted by atomic mass is 35.5. The smallest absolute Gasteiger partial charge is 0.246 e. The molecule has 2 aliphatic rings. The fourth-order valence-electron chi connectivity index (χ4n) is 5.48. The van der Waals surface area contributed by atoms with Gasteiger partial charge in [0.2, 0.25) is 11.8 Å². The maximum atomic E-state index is 14.0. The van der Waals surface area contributed by atoms with Crippen LogP contribution in [0.4, 0.5) is 0 Å². The lowest BCUT2D eigenvalue weighted by molar-refractivity contribution is -0.273. The molecule has 2 unspecified atom stereocenters. The van der Waals surface area contributed by atoms with Crippen LogP contribution >= 0.6 is 11.6 Å². The van der Waals surface area contributed by atoms with Gasteiger partial charge >= 0.3 is 0 Å². The van der Waals surface area contributed by atoms with Crippen molar-refractivity contribution in [3.8, 4) is 0 Å². The Bertz CT molecular complexity index is 1170. The lowest BCUT2D eigenvalue weighted by Gasteiger charge is -2.40. The Balaban J connectivity index is 1.74. The number of aliphatic hydroxyl groups excluding tert-OH is 1. The predicted octanol–water partition coefficient (Wildman–Crippen LogP) is 2.88. The Morgan fingerprint density at radius 2 is 1.93 bits per heavy atom. The largest absolute Gasteiger partial charge is 0.394 e. The van der Waals surface area contributed by atoms with E-state index in [0.29, 0.717) is 24.5 Å². The number of hydrogen-bond acceptors (Lipinski definition) is 6. The Labute approximate surface area is 249 Å². The lowest BCUT2D eigenvalue weighted by atomic mass is 9.75. The Kier molecular flexibility index (Phi) is 10.7. The lowest BCUT2D eigenvalue weighted by Crippen LogP contribution is -2.56. The van der Waals surface area contributed by atoms with Crippen molar-refractivity contribution in [3.63, 3.8) is 0 Å². The summed E-state index contributed by atoms with van der Waals surface area (Å²) in [5.74, 6) is -0.265. The zero-order valence-electron chi connectivity index (χ0n) is 25.6. The van der Waals surface area contributed by atoms with E-state index in [-0.39, 0.29) is 35.3 Å². The zero-order chi connectivity index (χ0) is 30.5. The van der Waals surface area contributed by atoms with E-state index in [1.807, 2.05) is 44.5 Å². The van der Waals surface area contributed by atoms with Crippen molar-refractivity contribution >= 4 is 35.3 Å². The highest BCUT2D eigenvalue weighted by Gasteiger charge is 2.46. The quantitative estimate of drug-likeness (QED) is 0.313. The van der Waals surface area contributed by atoms with Crippen molar-refractivity contribution in [2.24, 2.45) is 16.3 Å². The van der Waals surface area contributed by atoms with E-state index in [4.69, 9.17) is 16.6 Å². The fourth-order valence-corrected chi connectivity index (χ4v) is 5.77. The zero-order valence-corrected chi connectivity index (χ0v) is 26.3. The number of carbonyl (C=O) groups is 2. The van der Waals surface area contributed by atoms with E-state index in [0.717, 1.165) is 23.1 Å². The second kappa shape index (κ2) is 13.4. The molecular weight excluding hydrogens is 540 g/mol. The molecule has 226 valence electrons. The van der Waals surface area contributed by atoms with Crippen LogP contribution in [-0.4, -0.2) is 77.4 Å². The second-order valence-electron chi connectivity index (χ2n) is 12.6. The van der Waals surface area contributed by atoms with Gasteiger partial charge in [-0.2, -0.15) is 0 Å². The molecule has 1 saturated heterocycles. The summed E-state index contributed by atoms with van der Waals surface area (Å²) in [5, 5.41) is 16.6. The number of hydrogen-bond donors (Lipinski definition) is 4. The average molecular weight is 588 g/mol. The van der Waals surface area contributed by atoms with Crippen molar-refractivity contribution in [3.05, 3.63) is 52.8 Å². The molecule has 0 radical (unpaired) electrons. The van der Waals surface area contributed by atoms with Gasteiger partial charge in [0.05, 0.1) is 35.1 Å². The highest BCUT2D eigenvalue weighted by molar-refractivity contribution is 6.36. The molecule has 0 aliphatic carbocycles. The van der Waals surface area contributed by atoms with Gasteiger partial charge in [0.15, 0.2) is 0 Å². The van der Waals surface area contributed by atoms with Gasteiger partial charge in [-0.1, -0.05) is 70.5 Å². The van der Waals surface area contributed by atoms with Crippen molar-refractivity contribution in [2.45, 2.75) is 78.0 Å². The summed E-state index contributed by atoms with van der Waals surface area (Å²) in [6.07, 6.45) is 6.52. The second-order valence-corrected chi connectivity index (χ2v) is 13.0. The molecule has 3 rings (SSSR count). The summed E-state index contributed by atoms with van der Waals surface area (Å²) in [6.45, 7) is 13.6. The normalized spacial score (nSPS) is 23.2. The topological polar surface area (TPSA) is 125 Å². The summed E-state index contributed by atoms with van der Waals surface area (Å²) >= 11 is 6.36. The molecule has 0 aromatic heterocycles. The number of halogens is 1. The standard InChI is InChI=1S/C31H47ClN6O3/c1-20(2)27(37-18-31(6,35-19-37)30(3,4)5)29(41)38-14-8-9-26(38)28(40)36-25(17-39)22-12-10-21(11-13-22)23(15-33)24(32)16-34-7/h10-13,15-16,19-20,25-27,34,39H,8-9,14,17-18,33H2,1-7H3,(H,36,40)/p+1/b23-15-,24-16+/t25?,26-,27-,31?/m0/s1. The first-order valence-corrected chi connectivity index (χ1v) is 14.8. The minimum atomic E-state index is -0.608. The van der Waals surface area contributed by atoms with Gasteiger partial charge in [-0.15, -0.1) is 0 Å². The molecule has 1 fully saturated rings. The molecule has 1 aromatic carbocycles. The number of allylic oxidation sites excluding steroid dienone is 2. The summed E-state index contributed by atoms with van der Waals surface area (Å²) in [7, 11) is 1.77. The monoisotopic (exact) mass is 587 g/mol. The van der Waals surface area contributed by atoms with Crippen LogP contribution in [0, 0.1) is 11.3 Å². The molecule has 41 heavy (non-hydrogen) atoms. The van der Waals surface area contributed by atoms with E-state index >= 15 is 0 Å². The summed E-state index contributed by atoms with van der Waals surface area (Å²) < 4.78 is 0. The van der Waals surface area contributed by atoms with Crippen molar-refractivity contribution in [1.29, 1.82) is 0 Å². The van der Waals surface area contributed by atoms with Gasteiger partial charge in [0, 0.05) is 26.3 Å². The maximum absolute atomic E-state index is 14.0. The fraction of sp³-hybridized carbons (Fsp3) is 0.581. The van der Waals surface area contributed by atoms with Gasteiger partial charge in [-0.05, 0) is 42.2 Å². The SMILES string of the molecule is CN/C=C(Cl)\C(=C/[NH3+])c1ccc(C(CO)NC(=O)[C@@H]2CCCN2C(=O)[C@H](C(C)C)N2C=NC(C)(C(C)(C)C)C2)cc1. The number of aliphatic imine (C=N–C) groups is 1. The predicted molar refractivity (Wildman–Crippen MR) is 165 cm³/mol. The van der Waals surface area contributed by atoms with E-state index in [9.17, 15) is 14.7 Å². The maximum Gasteiger partial charge on any atom is 0.246 e. The number of benzene rings is 1. The third-order valence-electron chi connectivity index (χ3n) is 8.53. The minimum absolute atomic E-state index is 0.0398. The number of nitrogens with zero attached hydrogens (tertiary/aromatic N) is 3. The van der Waals surface area contributed by atoms with E-state index in [1.54, 1.807) is 24.3 Å². The van der Waals surface area contributed by atoms with Crippen LogP contribution in [0.5, 0.6) is 0 Å². The molecule has 0 bridgehead atoms. The molecule has 4 atom stereocenters. The van der Waals surface area contributed by atoms with E-state index in [1.165, 1.54) is 0 Å². The molecule has 2 amide bonds. The number of quaternary nitrogens is 1. The number of likely N-dealkylation sites (tertiary alicyclic amines) is 1. The number of amides is 2. The number of nitrogens with one attached hydrogen (secondary N) is 2. The van der Waals surface area contributed by atoms with Crippen LogP contribution < -0.4 is 16.4 Å². The number of carbonyl (C=O) groups excluding carboxylic acids is 2. The Hall–Kier alpha value is -2.88. The molecule has 2 aliphatic heterocycles. The molecule has 10 heteroatoms. The van der Waals surface area contributed by atoms with E-state index < -0.39 is 18.1 Å². The molecule has 9 nitrogen and oxygen atoms in total. The van der Waals surface area contributed by atoms with Gasteiger partial charge < -0.3 is 31.3 Å². The van der Waals surface area contributed by atoms with Gasteiger partial charge in [0.1, 0.15) is 18.3 Å². The van der Waals surface area contributed by atoms with Crippen LogP contribution in [0.2, 0.25) is 0 Å². The Morgan fingerprint density at radius 1 is 1.27 bits per heavy atom. The summed E-state index contributed by atoms with van der Waals surface area (Å²) in [5.41, 5.74) is 5.88. The molecule has 2 heterocycles. The summed E-state index contributed by atoms with van der Waals surface area (Å²) in [4.78, 5) is 36.1. The van der Waals surface area contributed by atoms with Crippen LogP contribution in [0.15, 0.2) is 46.7 Å². The van der Waals surface area contributed by atoms with Crippen molar-refractivity contribution in [2.75, 3.05) is 26.7 Å². The van der Waals surface area contributed by atoms with Crippen LogP contribution in [-0.2, 0) is 9.59 Å². The van der Waals surface area contributed by atoms with Crippen LogP contribution in [0.1, 0.15) is 71.6 Å². The van der Waals surface area contributed by atoms with Crippen molar-refractivity contribution < 1.29 is 20.4 Å². The molecular formula is C31H48ClN6O3+. The average Bonchev–Trinajstić information content (AvgIpc) is 3.56. The summed E-state index contributed by atoms with van der Waals surface area (Å²) in [6, 6.07) is 5.88. The first-order chi connectivity index (χ1) is 19.3. The molecule has 0 spiro atoms. The van der Waals surface area contributed by atoms with Gasteiger partial charge in [-0.25, -0.2) is 0 Å². The van der Waals surface area contributed by atoms with Crippen LogP contribution in [0.3, 0.4) is 0 Å². The third kappa shape index (κ3) is 7.13. The Morgan fingerprint density at radius 3 is 2.44 bits per heavy atom. The minimum Gasteiger partial charge on any atom is -0.394 e. The number of rotatable bonds is 10. The van der Waals surface area contributed by atoms with Gasteiger partial charge in [0.25, 0.3) is 0 Å². The highest BCUT2D eigenvalue weighted by Crippen LogP contribution is 2.38. The third-order valence-corrected chi connectivity index (χ3v) is 8.85.